The number of rotatable bonds is 13. The van der Waals surface area contributed by atoms with Gasteiger partial charge in [0.1, 0.15) is 11.6 Å². The van der Waals surface area contributed by atoms with Crippen molar-refractivity contribution in [3.63, 3.8) is 0 Å². The Balaban J connectivity index is 0.000000214. The number of benzene rings is 6. The Morgan fingerprint density at radius 3 is 1.41 bits per heavy atom. The average molecular weight is 1220 g/mol. The molecule has 10 rings (SSSR count). The standard InChI is InChI=1S/C24H25ClFN5O3.C24H24ClFN4O3.C12H12NO2P.2CH4/c1-13-10-30(14(2)9-29(13)11-15-3-5-16(26)6-4-15)24(34)18-7-17-19(22(32)23(27)33)12-31(28)21(17)8-20(18)25;1-13-11-30(14(2)10-29(13)12-15-3-5-16(26)6-4-15)24(33)18-7-17-19(22(31)23(27)32)9-28-21(17)8-20(18)25;13-15-16(14,11-7-3-1-4-8-11)12-9-5-2-6-10-12;;/h3-8,12-14H,9-11,28H2,1-2H3,(H2,27,33);3-9,13-14,28H,10-12H2,1-2H3,(H2,27,32);1-10H,13H2;2*1H4/t2*13-,14+;;;/m00.../s1. The van der Waals surface area contributed by atoms with E-state index in [1.54, 1.807) is 64.4 Å². The summed E-state index contributed by atoms with van der Waals surface area (Å²) in [7, 11) is -3.13. The molecule has 0 saturated carbocycles. The van der Waals surface area contributed by atoms with Crippen molar-refractivity contribution in [1.29, 1.82) is 0 Å². The number of carbonyl (C=O) groups excluding carboxylic acids is 6. The summed E-state index contributed by atoms with van der Waals surface area (Å²) in [5.41, 5.74) is 13.8. The van der Waals surface area contributed by atoms with Crippen LogP contribution in [0.25, 0.3) is 21.8 Å². The minimum absolute atomic E-state index is 0. The van der Waals surface area contributed by atoms with Gasteiger partial charge in [0.2, 0.25) is 0 Å². The number of nitrogens with zero attached hydrogens (tertiary/aromatic N) is 5. The van der Waals surface area contributed by atoms with Crippen molar-refractivity contribution in [2.45, 2.75) is 79.8 Å². The molecule has 2 aromatic heterocycles. The van der Waals surface area contributed by atoms with Gasteiger partial charge in [-0.3, -0.25) is 47.8 Å². The second-order valence-electron chi connectivity index (χ2n) is 20.5. The molecule has 8 aromatic rings. The molecule has 4 heterocycles. The van der Waals surface area contributed by atoms with Gasteiger partial charge in [-0.05, 0) is 112 Å². The van der Waals surface area contributed by atoms with Gasteiger partial charge in [-0.2, -0.15) is 0 Å². The van der Waals surface area contributed by atoms with E-state index in [9.17, 15) is 42.1 Å². The predicted octanol–water partition coefficient (Wildman–Crippen LogP) is 8.99. The molecule has 0 radical (unpaired) electrons. The van der Waals surface area contributed by atoms with Crippen molar-refractivity contribution < 1.29 is 46.7 Å². The highest BCUT2D eigenvalue weighted by Gasteiger charge is 2.36. The van der Waals surface area contributed by atoms with E-state index in [1.807, 2.05) is 64.1 Å². The molecule has 2 saturated heterocycles. The minimum atomic E-state index is -3.13. The summed E-state index contributed by atoms with van der Waals surface area (Å²) >= 11 is 12.9. The molecule has 2 aliphatic rings. The van der Waals surface area contributed by atoms with Crippen LogP contribution in [0.1, 0.15) is 95.1 Å². The summed E-state index contributed by atoms with van der Waals surface area (Å²) in [6, 6.07) is 36.7. The minimum Gasteiger partial charge on any atom is -0.363 e. The second kappa shape index (κ2) is 28.2. The van der Waals surface area contributed by atoms with Gasteiger partial charge in [0.05, 0.1) is 37.8 Å². The van der Waals surface area contributed by atoms with Crippen LogP contribution in [0.3, 0.4) is 0 Å². The van der Waals surface area contributed by atoms with Crippen LogP contribution in [-0.4, -0.2) is 115 Å². The Kier molecular flexibility index (Phi) is 21.9. The number of ketones is 2. The molecular formula is C62H69Cl2F2N10O8P. The van der Waals surface area contributed by atoms with Crippen LogP contribution in [0.5, 0.6) is 0 Å². The number of nitrogens with one attached hydrogen (secondary N) is 1. The molecule has 23 heteroatoms. The molecule has 4 atom stereocenters. The summed E-state index contributed by atoms with van der Waals surface area (Å²) in [6.07, 6.45) is 2.68. The topological polar surface area (TPSA) is 266 Å². The Morgan fingerprint density at radius 2 is 0.988 bits per heavy atom. The van der Waals surface area contributed by atoms with Crippen molar-refractivity contribution in [3.05, 3.63) is 201 Å². The van der Waals surface area contributed by atoms with Crippen molar-refractivity contribution in [2.75, 3.05) is 32.0 Å². The maximum atomic E-state index is 13.5. The normalized spacial score (nSPS) is 17.1. The highest BCUT2D eigenvalue weighted by atomic mass is 35.5. The lowest BCUT2D eigenvalue weighted by Gasteiger charge is -2.44. The summed E-state index contributed by atoms with van der Waals surface area (Å²) < 4.78 is 45.0. The van der Waals surface area contributed by atoms with Crippen LogP contribution < -0.4 is 33.8 Å². The quantitative estimate of drug-likeness (QED) is 0.0238. The summed E-state index contributed by atoms with van der Waals surface area (Å²) in [4.78, 5) is 85.0. The van der Waals surface area contributed by atoms with Gasteiger partial charge in [0.15, 0.2) is 0 Å². The van der Waals surface area contributed by atoms with Crippen LogP contribution in [0, 0.1) is 11.6 Å². The average Bonchev–Trinajstić information content (AvgIpc) is 2.32. The lowest BCUT2D eigenvalue weighted by Crippen LogP contribution is -2.57. The first-order valence-electron chi connectivity index (χ1n) is 26.3. The summed E-state index contributed by atoms with van der Waals surface area (Å²) in [5.74, 6) is 6.12. The molecule has 0 unspecified atom stereocenters. The van der Waals surface area contributed by atoms with Gasteiger partial charge in [-0.1, -0.05) is 98.7 Å². The first-order chi connectivity index (χ1) is 39.5. The molecule has 448 valence electrons. The number of aromatic amines is 1. The molecule has 18 nitrogen and oxygen atoms in total. The molecule has 9 N–H and O–H groups in total. The summed E-state index contributed by atoms with van der Waals surface area (Å²) in [6.45, 7) is 11.5. The van der Waals surface area contributed by atoms with E-state index < -0.39 is 30.7 Å². The third-order valence-corrected chi connectivity index (χ3v) is 17.7. The zero-order valence-corrected chi connectivity index (χ0v) is 48.1. The van der Waals surface area contributed by atoms with E-state index in [0.717, 1.165) is 11.1 Å². The fourth-order valence-electron chi connectivity index (χ4n) is 10.3. The number of Topliss-reactive ketones (excluding diaryl/α,β-unsaturated/α-hetero) is 2. The van der Waals surface area contributed by atoms with Crippen LogP contribution in [-0.2, 0) is 31.9 Å². The van der Waals surface area contributed by atoms with Crippen molar-refractivity contribution in [1.82, 2.24) is 29.3 Å². The maximum Gasteiger partial charge on any atom is 0.289 e. The largest absolute Gasteiger partial charge is 0.363 e. The molecular weight excluding hydrogens is 1150 g/mol. The molecule has 2 fully saturated rings. The lowest BCUT2D eigenvalue weighted by atomic mass is 10.0. The van der Waals surface area contributed by atoms with E-state index in [-0.39, 0.29) is 94.8 Å². The Morgan fingerprint density at radius 1 is 0.576 bits per heavy atom. The van der Waals surface area contributed by atoms with E-state index in [0.29, 0.717) is 71.7 Å². The van der Waals surface area contributed by atoms with Crippen molar-refractivity contribution in [2.24, 2.45) is 17.4 Å². The van der Waals surface area contributed by atoms with Crippen molar-refractivity contribution in [3.8, 4) is 0 Å². The van der Waals surface area contributed by atoms with Crippen LogP contribution in [0.4, 0.5) is 8.78 Å². The first-order valence-corrected chi connectivity index (χ1v) is 28.6. The number of aromatic nitrogens is 2. The smallest absolute Gasteiger partial charge is 0.289 e. The zero-order valence-electron chi connectivity index (χ0n) is 45.7. The number of fused-ring (bicyclic) bond motifs is 2. The first kappa shape index (κ1) is 66.1. The van der Waals surface area contributed by atoms with Crippen LogP contribution in [0.2, 0.25) is 10.0 Å². The number of amides is 4. The molecule has 0 aliphatic carbocycles. The van der Waals surface area contributed by atoms with Crippen LogP contribution >= 0.6 is 30.6 Å². The zero-order chi connectivity index (χ0) is 60.0. The number of carbonyl (C=O) groups is 6. The van der Waals surface area contributed by atoms with Gasteiger partial charge in [0, 0.05) is 103 Å². The Bertz CT molecular complexity index is 3740. The predicted molar refractivity (Wildman–Crippen MR) is 329 cm³/mol. The third-order valence-electron chi connectivity index (χ3n) is 14.8. The number of piperazine rings is 2. The molecule has 0 bridgehead atoms. The highest BCUT2D eigenvalue weighted by Crippen LogP contribution is 2.42. The highest BCUT2D eigenvalue weighted by molar-refractivity contribution is 7.74. The lowest BCUT2D eigenvalue weighted by molar-refractivity contribution is -0.114. The SMILES string of the molecule is C.C.C[C@@H]1CN(Cc2ccc(F)cc2)[C@@H](C)CN1C(=O)c1cc2c(C(=O)C(N)=O)c[nH]c2cc1Cl.C[C@@H]1CN(Cc2ccc(F)cc2)[C@@H](C)CN1C(=O)c1cc2c(C(=O)C(N)=O)cn(N)c2cc1Cl.NOP(=O)(c1ccccc1)c1ccccc1. The fourth-order valence-corrected chi connectivity index (χ4v) is 12.4. The molecule has 2 aliphatic heterocycles. The maximum absolute atomic E-state index is 13.5. The van der Waals surface area contributed by atoms with Crippen molar-refractivity contribution >= 4 is 98.2 Å². The number of halogens is 4. The van der Waals surface area contributed by atoms with E-state index in [1.165, 1.54) is 59.5 Å². The third kappa shape index (κ3) is 14.7. The molecule has 85 heavy (non-hydrogen) atoms. The summed E-state index contributed by atoms with van der Waals surface area (Å²) in [5, 5.41) is 2.39. The molecule has 4 amide bonds. The number of hydrogen-bond donors (Lipinski definition) is 5. The van der Waals surface area contributed by atoms with E-state index in [4.69, 9.17) is 51.0 Å². The molecule has 0 spiro atoms. The van der Waals surface area contributed by atoms with E-state index >= 15 is 0 Å². The molecule has 6 aromatic carbocycles. The monoisotopic (exact) mass is 1220 g/mol. The number of nitrogens with two attached hydrogens (primary N) is 4. The number of hydrogen-bond acceptors (Lipinski definition) is 12. The number of H-pyrrole nitrogens is 1. The van der Waals surface area contributed by atoms with Gasteiger partial charge in [-0.25, -0.2) is 19.3 Å². The number of nitrogen functional groups attached to an aromatic ring is 1. The van der Waals surface area contributed by atoms with Gasteiger partial charge >= 0.3 is 0 Å². The van der Waals surface area contributed by atoms with Gasteiger partial charge in [0.25, 0.3) is 42.6 Å². The fraction of sp³-hybridized carbons (Fsp3) is 0.258. The second-order valence-corrected chi connectivity index (χ2v) is 23.7. The Hall–Kier alpha value is -8.07. The number of primary amides is 2. The van der Waals surface area contributed by atoms with Gasteiger partial charge in [-0.15, -0.1) is 0 Å². The van der Waals surface area contributed by atoms with E-state index in [2.05, 4.69) is 14.8 Å². The van der Waals surface area contributed by atoms with Gasteiger partial charge < -0.3 is 32.1 Å². The van der Waals surface area contributed by atoms with Crippen LogP contribution in [0.15, 0.2) is 146 Å². The Labute approximate surface area is 501 Å².